The number of nitrogens with one attached hydrogen (secondary N) is 2. The molecule has 0 bridgehead atoms. The van der Waals surface area contributed by atoms with Crippen LogP contribution in [0.5, 0.6) is 5.75 Å². The van der Waals surface area contributed by atoms with Gasteiger partial charge in [-0.3, -0.25) is 19.7 Å². The van der Waals surface area contributed by atoms with E-state index in [0.29, 0.717) is 33.8 Å². The summed E-state index contributed by atoms with van der Waals surface area (Å²) in [7, 11) is 1.44. The maximum absolute atomic E-state index is 12.8. The number of anilines is 2. The predicted molar refractivity (Wildman–Crippen MR) is 121 cm³/mol. The van der Waals surface area contributed by atoms with Crippen LogP contribution in [0.1, 0.15) is 31.1 Å². The largest absolute Gasteiger partial charge is 0.494 e. The molecule has 2 N–H and O–H groups in total. The van der Waals surface area contributed by atoms with Crippen molar-refractivity contribution in [3.05, 3.63) is 89.5 Å². The number of nitrogens with zero attached hydrogens (tertiary/aromatic N) is 1. The monoisotopic (exact) mass is 431 g/mol. The molecular formula is C23H17N3O4S. The van der Waals surface area contributed by atoms with Crippen molar-refractivity contribution in [2.24, 2.45) is 0 Å². The number of amides is 3. The first kappa shape index (κ1) is 20.2. The first-order valence-electron chi connectivity index (χ1n) is 9.33. The van der Waals surface area contributed by atoms with E-state index >= 15 is 0 Å². The fourth-order valence-electron chi connectivity index (χ4n) is 3.28. The molecule has 0 saturated carbocycles. The van der Waals surface area contributed by atoms with Crippen LogP contribution in [-0.4, -0.2) is 29.9 Å². The Morgan fingerprint density at radius 3 is 2.13 bits per heavy atom. The van der Waals surface area contributed by atoms with Gasteiger partial charge in [0.1, 0.15) is 5.75 Å². The highest BCUT2D eigenvalue weighted by molar-refractivity contribution is 7.80. The van der Waals surface area contributed by atoms with Gasteiger partial charge in [0.15, 0.2) is 5.11 Å². The molecule has 4 rings (SSSR count). The van der Waals surface area contributed by atoms with Crippen LogP contribution >= 0.6 is 12.2 Å². The number of carbonyl (C=O) groups excluding carboxylic acids is 3. The average Bonchev–Trinajstić information content (AvgIpc) is 3.04. The number of hydrogen-bond donors (Lipinski definition) is 2. The van der Waals surface area contributed by atoms with Gasteiger partial charge in [-0.25, -0.2) is 4.90 Å². The van der Waals surface area contributed by atoms with Crippen LogP contribution in [0.4, 0.5) is 11.4 Å². The van der Waals surface area contributed by atoms with Crippen molar-refractivity contribution in [3.63, 3.8) is 0 Å². The lowest BCUT2D eigenvalue weighted by molar-refractivity contribution is 0.0922. The van der Waals surface area contributed by atoms with Gasteiger partial charge in [-0.15, -0.1) is 0 Å². The molecule has 0 aliphatic carbocycles. The van der Waals surface area contributed by atoms with Crippen molar-refractivity contribution in [2.75, 3.05) is 17.3 Å². The highest BCUT2D eigenvalue weighted by Gasteiger charge is 2.37. The van der Waals surface area contributed by atoms with Gasteiger partial charge in [-0.1, -0.05) is 30.3 Å². The Morgan fingerprint density at radius 1 is 0.903 bits per heavy atom. The Labute approximate surface area is 183 Å². The minimum Gasteiger partial charge on any atom is -0.494 e. The van der Waals surface area contributed by atoms with Crippen molar-refractivity contribution < 1.29 is 19.1 Å². The molecule has 0 saturated heterocycles. The fourth-order valence-corrected chi connectivity index (χ4v) is 3.49. The lowest BCUT2D eigenvalue weighted by Crippen LogP contribution is -2.34. The summed E-state index contributed by atoms with van der Waals surface area (Å²) in [5.41, 5.74) is 2.02. The van der Waals surface area contributed by atoms with E-state index in [1.807, 2.05) is 6.07 Å². The number of methoxy groups -OCH3 is 1. The standard InChI is InChI=1S/C23H17N3O4S/c1-30-19-13-15(24-23(31)25-20(27)14-7-3-2-4-8-14)11-12-18(19)26-21(28)16-9-5-6-10-17(16)22(26)29/h2-13H,1H3,(H2,24,25,27,31). The Kier molecular flexibility index (Phi) is 5.46. The van der Waals surface area contributed by atoms with E-state index in [1.165, 1.54) is 7.11 Å². The number of hydrogen-bond acceptors (Lipinski definition) is 5. The van der Waals surface area contributed by atoms with Crippen molar-refractivity contribution in [3.8, 4) is 5.75 Å². The molecule has 3 aromatic rings. The van der Waals surface area contributed by atoms with Crippen LogP contribution in [0.15, 0.2) is 72.8 Å². The van der Waals surface area contributed by atoms with Gasteiger partial charge in [0, 0.05) is 17.3 Å². The summed E-state index contributed by atoms with van der Waals surface area (Å²) in [6, 6.07) is 20.2. The second-order valence-corrected chi connectivity index (χ2v) is 7.06. The lowest BCUT2D eigenvalue weighted by Gasteiger charge is -2.19. The summed E-state index contributed by atoms with van der Waals surface area (Å²) in [4.78, 5) is 38.8. The molecular weight excluding hydrogens is 414 g/mol. The highest BCUT2D eigenvalue weighted by atomic mass is 32.1. The number of imide groups is 1. The van der Waals surface area contributed by atoms with Crippen LogP contribution in [0.3, 0.4) is 0 Å². The van der Waals surface area contributed by atoms with Gasteiger partial charge in [-0.2, -0.15) is 0 Å². The van der Waals surface area contributed by atoms with E-state index < -0.39 is 11.8 Å². The zero-order chi connectivity index (χ0) is 22.0. The summed E-state index contributed by atoms with van der Waals surface area (Å²) in [5.74, 6) is -0.861. The number of rotatable bonds is 4. The third-order valence-corrected chi connectivity index (χ3v) is 4.94. The van der Waals surface area contributed by atoms with Crippen LogP contribution in [0, 0.1) is 0 Å². The van der Waals surface area contributed by atoms with Gasteiger partial charge < -0.3 is 10.1 Å². The maximum Gasteiger partial charge on any atom is 0.266 e. The van der Waals surface area contributed by atoms with E-state index in [0.717, 1.165) is 4.90 Å². The van der Waals surface area contributed by atoms with Crippen LogP contribution in [0.25, 0.3) is 0 Å². The quantitative estimate of drug-likeness (QED) is 0.485. The first-order valence-corrected chi connectivity index (χ1v) is 9.73. The molecule has 3 aromatic carbocycles. The Bertz CT molecular complexity index is 1180. The molecule has 3 amide bonds. The Morgan fingerprint density at radius 2 is 1.52 bits per heavy atom. The molecule has 0 unspecified atom stereocenters. The number of benzene rings is 3. The molecule has 154 valence electrons. The third-order valence-electron chi connectivity index (χ3n) is 4.74. The topological polar surface area (TPSA) is 87.7 Å². The fraction of sp³-hybridized carbons (Fsp3) is 0.0435. The molecule has 1 heterocycles. The lowest BCUT2D eigenvalue weighted by atomic mass is 10.1. The summed E-state index contributed by atoms with van der Waals surface area (Å²) in [5, 5.41) is 5.61. The number of thiocarbonyl (C=S) groups is 1. The van der Waals surface area contributed by atoms with Crippen molar-refractivity contribution in [1.82, 2.24) is 5.32 Å². The van der Waals surface area contributed by atoms with Crippen LogP contribution in [0.2, 0.25) is 0 Å². The van der Waals surface area contributed by atoms with Gasteiger partial charge in [0.05, 0.1) is 23.9 Å². The Hall–Kier alpha value is -4.04. The summed E-state index contributed by atoms with van der Waals surface area (Å²) < 4.78 is 5.41. The van der Waals surface area contributed by atoms with Crippen molar-refractivity contribution in [1.29, 1.82) is 0 Å². The first-order chi connectivity index (χ1) is 15.0. The maximum atomic E-state index is 12.8. The summed E-state index contributed by atoms with van der Waals surface area (Å²) in [6.45, 7) is 0. The van der Waals surface area contributed by atoms with Gasteiger partial charge in [0.25, 0.3) is 17.7 Å². The molecule has 1 aliphatic rings. The molecule has 0 spiro atoms. The molecule has 0 fully saturated rings. The molecule has 0 atom stereocenters. The normalized spacial score (nSPS) is 12.4. The van der Waals surface area contributed by atoms with Crippen molar-refractivity contribution in [2.45, 2.75) is 0 Å². The minimum atomic E-state index is -0.412. The zero-order valence-electron chi connectivity index (χ0n) is 16.4. The number of fused-ring (bicyclic) bond motifs is 1. The van der Waals surface area contributed by atoms with E-state index in [9.17, 15) is 14.4 Å². The van der Waals surface area contributed by atoms with Gasteiger partial charge in [-0.05, 0) is 48.6 Å². The number of carbonyl (C=O) groups is 3. The second-order valence-electron chi connectivity index (χ2n) is 6.65. The SMILES string of the molecule is COc1cc(NC(=S)NC(=O)c2ccccc2)ccc1N1C(=O)c2ccccc2C1=O. The van der Waals surface area contributed by atoms with Gasteiger partial charge >= 0.3 is 0 Å². The van der Waals surface area contributed by atoms with E-state index in [2.05, 4.69) is 10.6 Å². The van der Waals surface area contributed by atoms with E-state index in [-0.39, 0.29) is 11.0 Å². The summed E-state index contributed by atoms with van der Waals surface area (Å²) >= 11 is 5.21. The molecule has 0 radical (unpaired) electrons. The van der Waals surface area contributed by atoms with E-state index in [1.54, 1.807) is 66.7 Å². The van der Waals surface area contributed by atoms with E-state index in [4.69, 9.17) is 17.0 Å². The molecule has 0 aromatic heterocycles. The molecule has 8 heteroatoms. The average molecular weight is 431 g/mol. The predicted octanol–water partition coefficient (Wildman–Crippen LogP) is 3.62. The smallest absolute Gasteiger partial charge is 0.266 e. The third kappa shape index (κ3) is 3.88. The Balaban J connectivity index is 1.53. The molecule has 31 heavy (non-hydrogen) atoms. The van der Waals surface area contributed by atoms with Crippen LogP contribution < -0.4 is 20.3 Å². The van der Waals surface area contributed by atoms with Crippen molar-refractivity contribution >= 4 is 46.4 Å². The highest BCUT2D eigenvalue weighted by Crippen LogP contribution is 2.36. The molecule has 1 aliphatic heterocycles. The minimum absolute atomic E-state index is 0.101. The zero-order valence-corrected chi connectivity index (χ0v) is 17.2. The summed E-state index contributed by atoms with van der Waals surface area (Å²) in [6.07, 6.45) is 0. The molecule has 7 nitrogen and oxygen atoms in total. The number of ether oxygens (including phenoxy) is 1. The van der Waals surface area contributed by atoms with Crippen LogP contribution in [-0.2, 0) is 0 Å². The second kappa shape index (κ2) is 8.37. The van der Waals surface area contributed by atoms with Gasteiger partial charge in [0.2, 0.25) is 0 Å².